The fraction of sp³-hybridized carbons (Fsp3) is 0.722. The molecule has 0 saturated carbocycles. The second kappa shape index (κ2) is 8.64. The van der Waals surface area contributed by atoms with Crippen LogP contribution in [-0.4, -0.2) is 83.5 Å². The highest BCUT2D eigenvalue weighted by molar-refractivity contribution is 5.93. The molecule has 144 valence electrons. The van der Waals surface area contributed by atoms with Crippen molar-refractivity contribution in [1.29, 1.82) is 0 Å². The summed E-state index contributed by atoms with van der Waals surface area (Å²) in [7, 11) is 0. The zero-order chi connectivity index (χ0) is 18.5. The predicted molar refractivity (Wildman–Crippen MR) is 97.8 cm³/mol. The normalized spacial score (nSPS) is 20.8. The summed E-state index contributed by atoms with van der Waals surface area (Å²) >= 11 is 0. The Kier molecular flexibility index (Phi) is 6.26. The Hall–Kier alpha value is -1.93. The summed E-state index contributed by atoms with van der Waals surface area (Å²) in [5.41, 5.74) is 0.736. The molecule has 3 rings (SSSR count). The molecule has 1 aromatic heterocycles. The first-order valence-corrected chi connectivity index (χ1v) is 9.51. The molecule has 0 spiro atoms. The molecule has 0 radical (unpaired) electrons. The molecule has 1 N–H and O–H groups in total. The quantitative estimate of drug-likeness (QED) is 0.838. The summed E-state index contributed by atoms with van der Waals surface area (Å²) in [4.78, 5) is 31.1. The van der Waals surface area contributed by atoms with Gasteiger partial charge in [-0.15, -0.1) is 0 Å². The Morgan fingerprint density at radius 3 is 2.46 bits per heavy atom. The van der Waals surface area contributed by atoms with E-state index in [-0.39, 0.29) is 17.9 Å². The van der Waals surface area contributed by atoms with Crippen LogP contribution in [0, 0.1) is 6.92 Å². The van der Waals surface area contributed by atoms with Crippen molar-refractivity contribution in [2.75, 3.05) is 51.1 Å². The second-order valence-electron chi connectivity index (χ2n) is 7.25. The SMILES string of the molecule is Cc1cc(NC(=O)C(C)N2CCN(CC(=O)N3CCCCC3)CC2)on1. The van der Waals surface area contributed by atoms with Crippen LogP contribution in [0.1, 0.15) is 31.9 Å². The van der Waals surface area contributed by atoms with E-state index < -0.39 is 0 Å². The first-order valence-electron chi connectivity index (χ1n) is 9.51. The number of carbonyl (C=O) groups excluding carboxylic acids is 2. The standard InChI is InChI=1S/C18H29N5O3/c1-14-12-16(26-20-14)19-18(25)15(2)22-10-8-21(9-11-22)13-17(24)23-6-4-3-5-7-23/h12,15H,3-11,13H2,1-2H3,(H,19,25). The molecular weight excluding hydrogens is 334 g/mol. The summed E-state index contributed by atoms with van der Waals surface area (Å²) < 4.78 is 5.04. The van der Waals surface area contributed by atoms with Crippen LogP contribution in [0.5, 0.6) is 0 Å². The van der Waals surface area contributed by atoms with Gasteiger partial charge >= 0.3 is 0 Å². The molecule has 26 heavy (non-hydrogen) atoms. The zero-order valence-corrected chi connectivity index (χ0v) is 15.7. The number of rotatable bonds is 5. The average Bonchev–Trinajstić information content (AvgIpc) is 3.07. The van der Waals surface area contributed by atoms with Crippen molar-refractivity contribution in [3.05, 3.63) is 11.8 Å². The van der Waals surface area contributed by atoms with Crippen molar-refractivity contribution >= 4 is 17.7 Å². The summed E-state index contributed by atoms with van der Waals surface area (Å²) in [6, 6.07) is 1.45. The number of nitrogens with one attached hydrogen (secondary N) is 1. The Morgan fingerprint density at radius 1 is 1.15 bits per heavy atom. The molecule has 2 fully saturated rings. The molecule has 0 bridgehead atoms. The van der Waals surface area contributed by atoms with Crippen LogP contribution in [0.15, 0.2) is 10.6 Å². The van der Waals surface area contributed by atoms with E-state index in [1.54, 1.807) is 6.07 Å². The zero-order valence-electron chi connectivity index (χ0n) is 15.7. The van der Waals surface area contributed by atoms with Crippen molar-refractivity contribution in [3.63, 3.8) is 0 Å². The largest absolute Gasteiger partial charge is 0.342 e. The van der Waals surface area contributed by atoms with E-state index in [1.165, 1.54) is 6.42 Å². The maximum atomic E-state index is 12.4. The third-order valence-corrected chi connectivity index (χ3v) is 5.28. The lowest BCUT2D eigenvalue weighted by Gasteiger charge is -2.38. The van der Waals surface area contributed by atoms with E-state index in [4.69, 9.17) is 4.52 Å². The first-order chi connectivity index (χ1) is 12.5. The maximum absolute atomic E-state index is 12.4. The van der Waals surface area contributed by atoms with E-state index in [9.17, 15) is 9.59 Å². The Morgan fingerprint density at radius 2 is 1.85 bits per heavy atom. The molecule has 2 amide bonds. The number of carbonyl (C=O) groups is 2. The van der Waals surface area contributed by atoms with Crippen LogP contribution in [0.4, 0.5) is 5.88 Å². The van der Waals surface area contributed by atoms with E-state index in [1.807, 2.05) is 18.7 Å². The second-order valence-corrected chi connectivity index (χ2v) is 7.25. The number of aromatic nitrogens is 1. The Balaban J connectivity index is 1.42. The van der Waals surface area contributed by atoms with E-state index in [0.717, 1.165) is 57.8 Å². The van der Waals surface area contributed by atoms with Gasteiger partial charge in [-0.05, 0) is 33.1 Å². The Bertz CT molecular complexity index is 618. The van der Waals surface area contributed by atoms with Gasteiger partial charge in [0.05, 0.1) is 18.3 Å². The highest BCUT2D eigenvalue weighted by atomic mass is 16.5. The molecule has 8 heteroatoms. The highest BCUT2D eigenvalue weighted by Crippen LogP contribution is 2.13. The minimum Gasteiger partial charge on any atom is -0.342 e. The van der Waals surface area contributed by atoms with Gasteiger partial charge in [0.1, 0.15) is 0 Å². The highest BCUT2D eigenvalue weighted by Gasteiger charge is 2.28. The number of anilines is 1. The topological polar surface area (TPSA) is 81.9 Å². The fourth-order valence-corrected chi connectivity index (χ4v) is 3.56. The van der Waals surface area contributed by atoms with Crippen LogP contribution in [0.2, 0.25) is 0 Å². The molecule has 2 aliphatic rings. The van der Waals surface area contributed by atoms with Gasteiger partial charge in [-0.1, -0.05) is 5.16 Å². The molecule has 2 saturated heterocycles. The maximum Gasteiger partial charge on any atom is 0.243 e. The van der Waals surface area contributed by atoms with E-state index in [2.05, 4.69) is 20.3 Å². The van der Waals surface area contributed by atoms with Crippen molar-refractivity contribution in [3.8, 4) is 0 Å². The van der Waals surface area contributed by atoms with E-state index >= 15 is 0 Å². The lowest BCUT2D eigenvalue weighted by atomic mass is 10.1. The van der Waals surface area contributed by atoms with Gasteiger partial charge in [-0.2, -0.15) is 0 Å². The van der Waals surface area contributed by atoms with Gasteiger partial charge in [0.15, 0.2) is 0 Å². The van der Waals surface area contributed by atoms with Crippen molar-refractivity contribution in [2.24, 2.45) is 0 Å². The lowest BCUT2D eigenvalue weighted by molar-refractivity contribution is -0.134. The van der Waals surface area contributed by atoms with Crippen LogP contribution in [0.3, 0.4) is 0 Å². The summed E-state index contributed by atoms with van der Waals surface area (Å²) in [6.07, 6.45) is 3.48. The number of amides is 2. The molecule has 0 aliphatic carbocycles. The average molecular weight is 363 g/mol. The van der Waals surface area contributed by atoms with Gasteiger partial charge in [0, 0.05) is 45.3 Å². The minimum absolute atomic E-state index is 0.0982. The number of aryl methyl sites for hydroxylation is 1. The molecule has 0 aromatic carbocycles. The predicted octanol–water partition coefficient (Wildman–Crippen LogP) is 0.940. The van der Waals surface area contributed by atoms with Crippen molar-refractivity contribution in [2.45, 2.75) is 39.2 Å². The van der Waals surface area contributed by atoms with E-state index in [0.29, 0.717) is 12.4 Å². The summed E-state index contributed by atoms with van der Waals surface area (Å²) in [5.74, 6) is 0.522. The smallest absolute Gasteiger partial charge is 0.243 e. The van der Waals surface area contributed by atoms with Gasteiger partial charge in [-0.25, -0.2) is 0 Å². The van der Waals surface area contributed by atoms with Gasteiger partial charge in [0.2, 0.25) is 17.7 Å². The molecule has 1 aromatic rings. The first kappa shape index (κ1) is 18.8. The fourth-order valence-electron chi connectivity index (χ4n) is 3.56. The van der Waals surface area contributed by atoms with Crippen LogP contribution in [-0.2, 0) is 9.59 Å². The third kappa shape index (κ3) is 4.82. The van der Waals surface area contributed by atoms with Crippen molar-refractivity contribution in [1.82, 2.24) is 19.9 Å². The number of nitrogens with zero attached hydrogens (tertiary/aromatic N) is 4. The van der Waals surface area contributed by atoms with Gasteiger partial charge in [0.25, 0.3) is 0 Å². The van der Waals surface area contributed by atoms with Crippen molar-refractivity contribution < 1.29 is 14.1 Å². The van der Waals surface area contributed by atoms with Crippen LogP contribution < -0.4 is 5.32 Å². The van der Waals surface area contributed by atoms with Crippen LogP contribution >= 0.6 is 0 Å². The molecule has 8 nitrogen and oxygen atoms in total. The number of hydrogen-bond donors (Lipinski definition) is 1. The van der Waals surface area contributed by atoms with Gasteiger partial charge in [-0.3, -0.25) is 24.7 Å². The minimum atomic E-state index is -0.250. The molecule has 1 atom stereocenters. The lowest BCUT2D eigenvalue weighted by Crippen LogP contribution is -2.54. The molecule has 2 aliphatic heterocycles. The number of piperidine rings is 1. The number of likely N-dealkylation sites (tertiary alicyclic amines) is 1. The Labute approximate surface area is 154 Å². The van der Waals surface area contributed by atoms with Crippen LogP contribution in [0.25, 0.3) is 0 Å². The number of piperazine rings is 1. The number of hydrogen-bond acceptors (Lipinski definition) is 6. The molecule has 3 heterocycles. The third-order valence-electron chi connectivity index (χ3n) is 5.28. The summed E-state index contributed by atoms with van der Waals surface area (Å²) in [5, 5.41) is 6.53. The summed E-state index contributed by atoms with van der Waals surface area (Å²) in [6.45, 7) is 9.16. The monoisotopic (exact) mass is 363 g/mol. The van der Waals surface area contributed by atoms with Gasteiger partial charge < -0.3 is 9.42 Å². The molecular formula is C18H29N5O3. The molecule has 1 unspecified atom stereocenters.